The maximum Gasteiger partial charge on any atom is 0.410 e. The van der Waals surface area contributed by atoms with Crippen molar-refractivity contribution in [1.29, 1.82) is 0 Å². The highest BCUT2D eigenvalue weighted by atomic mass is 19.1. The second-order valence-electron chi connectivity index (χ2n) is 8.55. The minimum absolute atomic E-state index is 0.180. The third kappa shape index (κ3) is 4.40. The lowest BCUT2D eigenvalue weighted by Gasteiger charge is -2.29. The molecule has 1 amide bonds. The van der Waals surface area contributed by atoms with Crippen LogP contribution in [-0.2, 0) is 4.74 Å². The van der Waals surface area contributed by atoms with Gasteiger partial charge in [-0.05, 0) is 62.6 Å². The number of carbonyl (C=O) groups is 1. The molecule has 0 atom stereocenters. The Labute approximate surface area is 180 Å². The van der Waals surface area contributed by atoms with Crippen LogP contribution < -0.4 is 4.74 Å². The number of nitrogens with zero attached hydrogens (tertiary/aromatic N) is 3. The molecule has 0 N–H and O–H groups in total. The van der Waals surface area contributed by atoms with Crippen molar-refractivity contribution in [2.24, 2.45) is 0 Å². The molecule has 7 heteroatoms. The van der Waals surface area contributed by atoms with E-state index in [1.54, 1.807) is 27.9 Å². The summed E-state index contributed by atoms with van der Waals surface area (Å²) in [5.74, 6) is -0.227. The summed E-state index contributed by atoms with van der Waals surface area (Å²) in [7, 11) is 1.44. The first-order valence-corrected chi connectivity index (χ1v) is 10.2. The average Bonchev–Trinajstić information content (AvgIpc) is 3.16. The van der Waals surface area contributed by atoms with Gasteiger partial charge in [0.2, 0.25) is 0 Å². The Morgan fingerprint density at radius 3 is 2.65 bits per heavy atom. The first-order valence-electron chi connectivity index (χ1n) is 10.2. The number of fused-ring (bicyclic) bond motifs is 1. The standard InChI is InChI=1S/C24H26FN3O3/c1-24(2,3)31-23(29)27-11-9-16(10-12-27)17-5-8-21-18(13-17)15-26-28(21)19-6-7-20(25)22(14-19)30-4/h5-9,13-15H,10-12H2,1-4H3. The number of rotatable bonds is 3. The van der Waals surface area contributed by atoms with Crippen molar-refractivity contribution in [1.82, 2.24) is 14.7 Å². The number of amides is 1. The second kappa shape index (κ2) is 8.06. The predicted octanol–water partition coefficient (Wildman–Crippen LogP) is 5.20. The Hall–Kier alpha value is -3.35. The number of hydrogen-bond acceptors (Lipinski definition) is 4. The zero-order chi connectivity index (χ0) is 22.2. The van der Waals surface area contributed by atoms with Crippen LogP contribution in [0.25, 0.3) is 22.2 Å². The minimum Gasteiger partial charge on any atom is -0.494 e. The number of halogens is 1. The lowest BCUT2D eigenvalue weighted by Crippen LogP contribution is -2.39. The highest BCUT2D eigenvalue weighted by Gasteiger charge is 2.24. The molecule has 0 unspecified atom stereocenters. The summed E-state index contributed by atoms with van der Waals surface area (Å²) in [6.45, 7) is 6.75. The monoisotopic (exact) mass is 423 g/mol. The van der Waals surface area contributed by atoms with Gasteiger partial charge in [-0.25, -0.2) is 13.9 Å². The molecule has 6 nitrogen and oxygen atoms in total. The van der Waals surface area contributed by atoms with E-state index in [9.17, 15) is 9.18 Å². The van der Waals surface area contributed by atoms with Crippen LogP contribution in [0.4, 0.5) is 9.18 Å². The van der Waals surface area contributed by atoms with E-state index in [1.165, 1.54) is 18.7 Å². The average molecular weight is 423 g/mol. The van der Waals surface area contributed by atoms with Gasteiger partial charge in [0.1, 0.15) is 5.60 Å². The van der Waals surface area contributed by atoms with Gasteiger partial charge in [-0.2, -0.15) is 5.10 Å². The molecule has 0 bridgehead atoms. The topological polar surface area (TPSA) is 56.6 Å². The van der Waals surface area contributed by atoms with Gasteiger partial charge in [0, 0.05) is 24.5 Å². The fourth-order valence-electron chi connectivity index (χ4n) is 3.64. The summed E-state index contributed by atoms with van der Waals surface area (Å²) < 4.78 is 26.1. The van der Waals surface area contributed by atoms with Crippen molar-refractivity contribution < 1.29 is 18.7 Å². The smallest absolute Gasteiger partial charge is 0.410 e. The molecule has 0 saturated heterocycles. The van der Waals surface area contributed by atoms with E-state index in [0.29, 0.717) is 13.1 Å². The Morgan fingerprint density at radius 1 is 1.16 bits per heavy atom. The van der Waals surface area contributed by atoms with Crippen molar-refractivity contribution in [3.8, 4) is 11.4 Å². The quantitative estimate of drug-likeness (QED) is 0.581. The SMILES string of the molecule is COc1cc(-n2ncc3cc(C4=CCN(C(=O)OC(C)(C)C)CC4)ccc32)ccc1F. The van der Waals surface area contributed by atoms with Crippen molar-refractivity contribution in [2.75, 3.05) is 20.2 Å². The van der Waals surface area contributed by atoms with Gasteiger partial charge in [0.05, 0.1) is 24.5 Å². The largest absolute Gasteiger partial charge is 0.494 e. The Bertz CT molecular complexity index is 1160. The molecule has 4 rings (SSSR count). The first-order chi connectivity index (χ1) is 14.7. The van der Waals surface area contributed by atoms with Gasteiger partial charge in [-0.3, -0.25) is 0 Å². The summed E-state index contributed by atoms with van der Waals surface area (Å²) >= 11 is 0. The summed E-state index contributed by atoms with van der Waals surface area (Å²) in [6, 6.07) is 10.8. The Kier molecular flexibility index (Phi) is 5.43. The molecular formula is C24H26FN3O3. The molecular weight excluding hydrogens is 397 g/mol. The highest BCUT2D eigenvalue weighted by molar-refractivity contribution is 5.85. The minimum atomic E-state index is -0.499. The van der Waals surface area contributed by atoms with E-state index >= 15 is 0 Å². The van der Waals surface area contributed by atoms with Crippen LogP contribution >= 0.6 is 0 Å². The molecule has 3 aromatic rings. The number of methoxy groups -OCH3 is 1. The van der Waals surface area contributed by atoms with Crippen LogP contribution in [0.2, 0.25) is 0 Å². The number of hydrogen-bond donors (Lipinski definition) is 0. The van der Waals surface area contributed by atoms with Gasteiger partial charge in [0.25, 0.3) is 0 Å². The summed E-state index contributed by atoms with van der Waals surface area (Å²) in [4.78, 5) is 14.0. The van der Waals surface area contributed by atoms with Gasteiger partial charge in [0.15, 0.2) is 11.6 Å². The van der Waals surface area contributed by atoms with Crippen molar-refractivity contribution >= 4 is 22.6 Å². The number of carbonyl (C=O) groups excluding carboxylic acids is 1. The van der Waals surface area contributed by atoms with Gasteiger partial charge in [-0.1, -0.05) is 12.1 Å². The molecule has 31 heavy (non-hydrogen) atoms. The van der Waals surface area contributed by atoms with Crippen LogP contribution in [0, 0.1) is 5.82 Å². The zero-order valence-corrected chi connectivity index (χ0v) is 18.2. The summed E-state index contributed by atoms with van der Waals surface area (Å²) in [5, 5.41) is 5.46. The van der Waals surface area contributed by atoms with Crippen LogP contribution in [0.5, 0.6) is 5.75 Å². The van der Waals surface area contributed by atoms with Gasteiger partial charge < -0.3 is 14.4 Å². The third-order valence-corrected chi connectivity index (χ3v) is 5.18. The maximum atomic E-state index is 13.7. The van der Waals surface area contributed by atoms with Crippen molar-refractivity contribution in [3.63, 3.8) is 0 Å². The number of benzene rings is 2. The van der Waals surface area contributed by atoms with Crippen LogP contribution in [0.3, 0.4) is 0 Å². The van der Waals surface area contributed by atoms with Gasteiger partial charge >= 0.3 is 6.09 Å². The zero-order valence-electron chi connectivity index (χ0n) is 18.2. The Morgan fingerprint density at radius 2 is 1.97 bits per heavy atom. The molecule has 162 valence electrons. The second-order valence-corrected chi connectivity index (χ2v) is 8.55. The van der Waals surface area contributed by atoms with E-state index in [0.717, 1.165) is 28.6 Å². The molecule has 0 aliphatic carbocycles. The van der Waals surface area contributed by atoms with Crippen molar-refractivity contribution in [2.45, 2.75) is 32.8 Å². The molecule has 0 radical (unpaired) electrons. The van der Waals surface area contributed by atoms with E-state index in [1.807, 2.05) is 26.8 Å². The Balaban J connectivity index is 1.55. The fraction of sp³-hybridized carbons (Fsp3) is 0.333. The molecule has 2 heterocycles. The van der Waals surface area contributed by atoms with Gasteiger partial charge in [-0.15, -0.1) is 0 Å². The van der Waals surface area contributed by atoms with Crippen molar-refractivity contribution in [3.05, 3.63) is 60.1 Å². The number of aromatic nitrogens is 2. The lowest BCUT2D eigenvalue weighted by atomic mass is 9.98. The maximum absolute atomic E-state index is 13.7. The lowest BCUT2D eigenvalue weighted by molar-refractivity contribution is 0.0270. The van der Waals surface area contributed by atoms with E-state index in [4.69, 9.17) is 9.47 Å². The molecule has 1 aromatic heterocycles. The fourth-order valence-corrected chi connectivity index (χ4v) is 3.64. The van der Waals surface area contributed by atoms with Crippen LogP contribution in [0.15, 0.2) is 48.7 Å². The highest BCUT2D eigenvalue weighted by Crippen LogP contribution is 2.28. The molecule has 0 saturated carbocycles. The van der Waals surface area contributed by atoms with E-state index in [-0.39, 0.29) is 11.8 Å². The van der Waals surface area contributed by atoms with Crippen LogP contribution in [0.1, 0.15) is 32.8 Å². The van der Waals surface area contributed by atoms with Crippen LogP contribution in [-0.4, -0.2) is 46.6 Å². The number of ether oxygens (including phenoxy) is 2. The third-order valence-electron chi connectivity index (χ3n) is 5.18. The normalized spacial score (nSPS) is 14.5. The predicted molar refractivity (Wildman–Crippen MR) is 118 cm³/mol. The van der Waals surface area contributed by atoms with E-state index in [2.05, 4.69) is 23.3 Å². The molecule has 1 aliphatic rings. The molecule has 2 aromatic carbocycles. The summed E-state index contributed by atoms with van der Waals surface area (Å²) in [6.07, 6.45) is 4.34. The molecule has 0 spiro atoms. The molecule has 1 aliphatic heterocycles. The van der Waals surface area contributed by atoms with E-state index < -0.39 is 11.4 Å². The first kappa shape index (κ1) is 20.9. The molecule has 0 fully saturated rings. The summed E-state index contributed by atoms with van der Waals surface area (Å²) in [5.41, 5.74) is 3.45.